The van der Waals surface area contributed by atoms with E-state index in [0.29, 0.717) is 22.8 Å². The number of hydrazone groups is 1. The lowest BCUT2D eigenvalue weighted by Gasteiger charge is -2.02. The molecule has 0 saturated heterocycles. The predicted molar refractivity (Wildman–Crippen MR) is 72.7 cm³/mol. The van der Waals surface area contributed by atoms with Crippen LogP contribution < -0.4 is 10.2 Å². The molecule has 6 nitrogen and oxygen atoms in total. The fraction of sp³-hybridized carbons (Fsp3) is 0.143. The van der Waals surface area contributed by atoms with Crippen LogP contribution in [0.4, 0.5) is 0 Å². The third-order valence-electron chi connectivity index (χ3n) is 2.53. The van der Waals surface area contributed by atoms with E-state index in [1.165, 1.54) is 13.3 Å². The number of carbonyl (C=O) groups is 1. The molecule has 0 spiro atoms. The summed E-state index contributed by atoms with van der Waals surface area (Å²) >= 11 is 0. The molecule has 0 aliphatic rings. The molecule has 1 aromatic carbocycles. The number of ether oxygens (including phenoxy) is 1. The van der Waals surface area contributed by atoms with Gasteiger partial charge in [0, 0.05) is 5.56 Å². The minimum atomic E-state index is -0.353. The highest BCUT2D eigenvalue weighted by Crippen LogP contribution is 2.12. The molecule has 0 atom stereocenters. The van der Waals surface area contributed by atoms with Crippen LogP contribution in [0.15, 0.2) is 45.9 Å². The normalized spacial score (nSPS) is 10.7. The number of nitrogens with zero attached hydrogens (tertiary/aromatic N) is 1. The molecule has 0 aliphatic heterocycles. The molecule has 6 heteroatoms. The number of carbonyl (C=O) groups excluding carboxylic acids is 1. The van der Waals surface area contributed by atoms with Crippen molar-refractivity contribution in [3.05, 3.63) is 53.5 Å². The number of hydrogen-bond acceptors (Lipinski definition) is 5. The second kappa shape index (κ2) is 6.53. The molecule has 1 heterocycles. The average Bonchev–Trinajstić information content (AvgIpc) is 2.95. The zero-order valence-corrected chi connectivity index (χ0v) is 10.9. The first kappa shape index (κ1) is 13.8. The smallest absolute Gasteiger partial charge is 0.271 e. The van der Waals surface area contributed by atoms with Gasteiger partial charge >= 0.3 is 0 Å². The van der Waals surface area contributed by atoms with Crippen LogP contribution in [-0.2, 0) is 6.61 Å². The van der Waals surface area contributed by atoms with Crippen LogP contribution in [0.3, 0.4) is 0 Å². The molecule has 1 amide bonds. The van der Waals surface area contributed by atoms with Crippen LogP contribution in [-0.4, -0.2) is 24.3 Å². The molecule has 0 radical (unpaired) electrons. The summed E-state index contributed by atoms with van der Waals surface area (Å²) in [4.78, 5) is 11.8. The maximum absolute atomic E-state index is 11.8. The van der Waals surface area contributed by atoms with E-state index < -0.39 is 0 Å². The molecule has 20 heavy (non-hydrogen) atoms. The van der Waals surface area contributed by atoms with Gasteiger partial charge in [-0.1, -0.05) is 6.07 Å². The second-order valence-corrected chi connectivity index (χ2v) is 3.89. The Kier molecular flexibility index (Phi) is 4.52. The molecule has 104 valence electrons. The van der Waals surface area contributed by atoms with Gasteiger partial charge in [0.05, 0.1) is 13.3 Å². The van der Waals surface area contributed by atoms with E-state index in [0.717, 1.165) is 0 Å². The number of amides is 1. The van der Waals surface area contributed by atoms with Crippen molar-refractivity contribution < 1.29 is 19.1 Å². The summed E-state index contributed by atoms with van der Waals surface area (Å²) in [6, 6.07) is 10.0. The third-order valence-corrected chi connectivity index (χ3v) is 2.53. The molecular weight excluding hydrogens is 260 g/mol. The van der Waals surface area contributed by atoms with E-state index in [4.69, 9.17) is 14.3 Å². The Hall–Kier alpha value is -2.60. The molecule has 0 bridgehead atoms. The first-order chi connectivity index (χ1) is 9.72. The maximum Gasteiger partial charge on any atom is 0.271 e. The van der Waals surface area contributed by atoms with Crippen LogP contribution in [0.5, 0.6) is 5.75 Å². The molecule has 2 aromatic rings. The van der Waals surface area contributed by atoms with E-state index in [2.05, 4.69) is 10.5 Å². The third kappa shape index (κ3) is 3.46. The van der Waals surface area contributed by atoms with Crippen molar-refractivity contribution in [1.29, 1.82) is 0 Å². The highest BCUT2D eigenvalue weighted by molar-refractivity contribution is 5.95. The van der Waals surface area contributed by atoms with E-state index >= 15 is 0 Å². The van der Waals surface area contributed by atoms with Gasteiger partial charge in [-0.25, -0.2) is 5.43 Å². The lowest BCUT2D eigenvalue weighted by molar-refractivity contribution is 0.0954. The monoisotopic (exact) mass is 274 g/mol. The van der Waals surface area contributed by atoms with Gasteiger partial charge in [-0.3, -0.25) is 4.79 Å². The van der Waals surface area contributed by atoms with Crippen molar-refractivity contribution in [3.8, 4) is 5.75 Å². The molecule has 0 fully saturated rings. The highest BCUT2D eigenvalue weighted by Gasteiger charge is 2.05. The van der Waals surface area contributed by atoms with E-state index in [1.807, 2.05) is 0 Å². The zero-order valence-electron chi connectivity index (χ0n) is 10.9. The van der Waals surface area contributed by atoms with Crippen LogP contribution in [0, 0.1) is 0 Å². The van der Waals surface area contributed by atoms with Crippen molar-refractivity contribution in [2.75, 3.05) is 7.11 Å². The minimum Gasteiger partial charge on any atom is -0.497 e. The first-order valence-electron chi connectivity index (χ1n) is 5.90. The van der Waals surface area contributed by atoms with Gasteiger partial charge in [-0.05, 0) is 30.3 Å². The lowest BCUT2D eigenvalue weighted by Crippen LogP contribution is -2.17. The number of furan rings is 1. The van der Waals surface area contributed by atoms with Crippen molar-refractivity contribution in [1.82, 2.24) is 5.43 Å². The van der Waals surface area contributed by atoms with Crippen LogP contribution in [0.25, 0.3) is 0 Å². The van der Waals surface area contributed by atoms with Gasteiger partial charge in [-0.2, -0.15) is 5.10 Å². The number of aliphatic hydroxyl groups excluding tert-OH is 1. The molecular formula is C14H14N2O4. The quantitative estimate of drug-likeness (QED) is 0.640. The summed E-state index contributed by atoms with van der Waals surface area (Å²) in [5.74, 6) is 1.12. The Morgan fingerprint density at radius 1 is 1.45 bits per heavy atom. The van der Waals surface area contributed by atoms with Crippen molar-refractivity contribution in [2.45, 2.75) is 6.61 Å². The SMILES string of the molecule is COc1cccc(C(=O)NN=Cc2ccc(CO)o2)c1. The standard InChI is InChI=1S/C14H14N2O4/c1-19-11-4-2-3-10(7-11)14(18)16-15-8-12-5-6-13(9-17)20-12/h2-8,17H,9H2,1H3,(H,16,18). The number of benzene rings is 1. The Bertz CT molecular complexity index is 619. The summed E-state index contributed by atoms with van der Waals surface area (Å²) in [6.07, 6.45) is 1.36. The summed E-state index contributed by atoms with van der Waals surface area (Å²) in [5, 5.41) is 12.6. The number of hydrogen-bond donors (Lipinski definition) is 2. The van der Waals surface area contributed by atoms with Crippen LogP contribution in [0.2, 0.25) is 0 Å². The van der Waals surface area contributed by atoms with Gasteiger partial charge in [0.25, 0.3) is 5.91 Å². The first-order valence-corrected chi connectivity index (χ1v) is 5.90. The van der Waals surface area contributed by atoms with Crippen molar-refractivity contribution >= 4 is 12.1 Å². The predicted octanol–water partition coefficient (Wildman–Crippen LogP) is 1.54. The number of aliphatic hydroxyl groups is 1. The largest absolute Gasteiger partial charge is 0.497 e. The molecule has 1 aromatic heterocycles. The van der Waals surface area contributed by atoms with Crippen LogP contribution in [0.1, 0.15) is 21.9 Å². The Labute approximate surface area is 115 Å². The number of methoxy groups -OCH3 is 1. The summed E-state index contributed by atoms with van der Waals surface area (Å²) < 4.78 is 10.2. The number of rotatable bonds is 5. The Morgan fingerprint density at radius 3 is 3.00 bits per heavy atom. The van der Waals surface area contributed by atoms with Crippen molar-refractivity contribution in [3.63, 3.8) is 0 Å². The zero-order chi connectivity index (χ0) is 14.4. The topological polar surface area (TPSA) is 84.1 Å². The molecule has 2 N–H and O–H groups in total. The summed E-state index contributed by atoms with van der Waals surface area (Å²) in [5.41, 5.74) is 2.82. The molecule has 0 aliphatic carbocycles. The van der Waals surface area contributed by atoms with Gasteiger partial charge in [0.1, 0.15) is 23.9 Å². The van der Waals surface area contributed by atoms with Gasteiger partial charge in [-0.15, -0.1) is 0 Å². The summed E-state index contributed by atoms with van der Waals surface area (Å²) in [6.45, 7) is -0.177. The van der Waals surface area contributed by atoms with Crippen molar-refractivity contribution in [2.24, 2.45) is 5.10 Å². The fourth-order valence-corrected chi connectivity index (χ4v) is 1.53. The second-order valence-electron chi connectivity index (χ2n) is 3.89. The molecule has 2 rings (SSSR count). The summed E-state index contributed by atoms with van der Waals surface area (Å²) in [7, 11) is 1.53. The highest BCUT2D eigenvalue weighted by atomic mass is 16.5. The average molecular weight is 274 g/mol. The van der Waals surface area contributed by atoms with Gasteiger partial charge < -0.3 is 14.3 Å². The van der Waals surface area contributed by atoms with Crippen LogP contribution >= 0.6 is 0 Å². The van der Waals surface area contributed by atoms with E-state index in [9.17, 15) is 4.79 Å². The van der Waals surface area contributed by atoms with E-state index in [-0.39, 0.29) is 12.5 Å². The Balaban J connectivity index is 1.97. The van der Waals surface area contributed by atoms with Gasteiger partial charge in [0.15, 0.2) is 0 Å². The Morgan fingerprint density at radius 2 is 2.30 bits per heavy atom. The minimum absolute atomic E-state index is 0.177. The molecule has 0 unspecified atom stereocenters. The molecule has 0 saturated carbocycles. The van der Waals surface area contributed by atoms with E-state index in [1.54, 1.807) is 36.4 Å². The fourth-order valence-electron chi connectivity index (χ4n) is 1.53. The lowest BCUT2D eigenvalue weighted by atomic mass is 10.2. The van der Waals surface area contributed by atoms with Gasteiger partial charge in [0.2, 0.25) is 0 Å². The number of nitrogens with one attached hydrogen (secondary N) is 1. The maximum atomic E-state index is 11.8.